The number of carbonyl (C=O) groups is 2. The second kappa shape index (κ2) is 8.65. The third-order valence-electron chi connectivity index (χ3n) is 3.60. The highest BCUT2D eigenvalue weighted by molar-refractivity contribution is 6.01. The number of carbonyl (C=O) groups excluding carboxylic acids is 2. The van der Waals surface area contributed by atoms with Crippen molar-refractivity contribution < 1.29 is 24.0 Å². The molecule has 2 rings (SSSR count). The minimum absolute atomic E-state index is 0.106. The van der Waals surface area contributed by atoms with Crippen molar-refractivity contribution in [3.05, 3.63) is 57.6 Å². The molecule has 9 nitrogen and oxygen atoms in total. The largest absolute Gasteiger partial charge is 0.496 e. The molecule has 2 aromatic carbocycles. The molecular formula is C18H19N3O6. The smallest absolute Gasteiger partial charge is 0.325 e. The number of amides is 3. The lowest BCUT2D eigenvalue weighted by Crippen LogP contribution is -2.37. The third-order valence-corrected chi connectivity index (χ3v) is 3.60. The maximum atomic E-state index is 11.9. The summed E-state index contributed by atoms with van der Waals surface area (Å²) in [6.45, 7) is 3.19. The van der Waals surface area contributed by atoms with E-state index < -0.39 is 23.5 Å². The molecule has 0 radical (unpaired) electrons. The van der Waals surface area contributed by atoms with Crippen LogP contribution in [0.25, 0.3) is 0 Å². The zero-order chi connectivity index (χ0) is 20.0. The molecule has 142 valence electrons. The normalized spacial score (nSPS) is 10.0. The van der Waals surface area contributed by atoms with Gasteiger partial charge in [-0.05, 0) is 37.6 Å². The van der Waals surface area contributed by atoms with E-state index in [0.717, 1.165) is 11.1 Å². The van der Waals surface area contributed by atoms with Crippen LogP contribution in [0.4, 0.5) is 16.2 Å². The third kappa shape index (κ3) is 5.43. The van der Waals surface area contributed by atoms with Gasteiger partial charge in [0.2, 0.25) is 0 Å². The summed E-state index contributed by atoms with van der Waals surface area (Å²) >= 11 is 0. The van der Waals surface area contributed by atoms with Gasteiger partial charge in [-0.2, -0.15) is 0 Å². The van der Waals surface area contributed by atoms with E-state index in [9.17, 15) is 19.7 Å². The number of ether oxygens (including phenoxy) is 2. The maximum Gasteiger partial charge on any atom is 0.325 e. The molecule has 0 heterocycles. The minimum atomic E-state index is -0.748. The number of hydrogen-bond acceptors (Lipinski definition) is 6. The maximum absolute atomic E-state index is 11.9. The number of nitro groups is 1. The molecule has 0 saturated carbocycles. The van der Waals surface area contributed by atoms with Crippen LogP contribution in [0.2, 0.25) is 0 Å². The SMILES string of the molecule is COc1ccc(OCC(=O)NC(=O)Nc2ccc(C)cc2C)c([N+](=O)[O-])c1. The Morgan fingerprint density at radius 3 is 2.52 bits per heavy atom. The van der Waals surface area contributed by atoms with E-state index >= 15 is 0 Å². The summed E-state index contributed by atoms with van der Waals surface area (Å²) in [5, 5.41) is 15.7. The van der Waals surface area contributed by atoms with Gasteiger partial charge in [-0.1, -0.05) is 17.7 Å². The highest BCUT2D eigenvalue weighted by atomic mass is 16.6. The van der Waals surface area contributed by atoms with E-state index in [0.29, 0.717) is 5.69 Å². The van der Waals surface area contributed by atoms with Crippen LogP contribution < -0.4 is 20.1 Å². The Morgan fingerprint density at radius 1 is 1.15 bits per heavy atom. The number of methoxy groups -OCH3 is 1. The molecule has 0 saturated heterocycles. The average molecular weight is 373 g/mol. The lowest BCUT2D eigenvalue weighted by molar-refractivity contribution is -0.385. The Labute approximate surface area is 155 Å². The molecule has 0 fully saturated rings. The fourth-order valence-corrected chi connectivity index (χ4v) is 2.30. The fourth-order valence-electron chi connectivity index (χ4n) is 2.30. The number of aryl methyl sites for hydroxylation is 2. The van der Waals surface area contributed by atoms with Gasteiger partial charge in [-0.3, -0.25) is 20.2 Å². The Balaban J connectivity index is 1.94. The Hall–Kier alpha value is -3.62. The van der Waals surface area contributed by atoms with Crippen LogP contribution in [0.3, 0.4) is 0 Å². The van der Waals surface area contributed by atoms with Gasteiger partial charge in [-0.25, -0.2) is 4.79 Å². The van der Waals surface area contributed by atoms with Crippen LogP contribution in [-0.2, 0) is 4.79 Å². The first-order valence-electron chi connectivity index (χ1n) is 7.93. The summed E-state index contributed by atoms with van der Waals surface area (Å²) in [5.41, 5.74) is 2.12. The van der Waals surface area contributed by atoms with Gasteiger partial charge in [0, 0.05) is 5.69 Å². The molecule has 0 aliphatic rings. The predicted molar refractivity (Wildman–Crippen MR) is 98.2 cm³/mol. The van der Waals surface area contributed by atoms with Gasteiger partial charge in [0.05, 0.1) is 18.1 Å². The van der Waals surface area contributed by atoms with Crippen LogP contribution in [-0.4, -0.2) is 30.6 Å². The number of nitrogens with one attached hydrogen (secondary N) is 2. The zero-order valence-corrected chi connectivity index (χ0v) is 15.1. The van der Waals surface area contributed by atoms with Gasteiger partial charge in [0.25, 0.3) is 5.91 Å². The van der Waals surface area contributed by atoms with Crippen molar-refractivity contribution >= 4 is 23.3 Å². The first-order valence-corrected chi connectivity index (χ1v) is 7.93. The molecule has 0 aliphatic carbocycles. The topological polar surface area (TPSA) is 120 Å². The van der Waals surface area contributed by atoms with Crippen LogP contribution in [0.1, 0.15) is 11.1 Å². The fraction of sp³-hybridized carbons (Fsp3) is 0.222. The number of nitro benzene ring substituents is 1. The van der Waals surface area contributed by atoms with Crippen LogP contribution in [0.5, 0.6) is 11.5 Å². The Kier molecular flexibility index (Phi) is 6.32. The molecule has 0 aliphatic heterocycles. The van der Waals surface area contributed by atoms with Crippen LogP contribution in [0, 0.1) is 24.0 Å². The number of nitrogens with zero attached hydrogens (tertiary/aromatic N) is 1. The average Bonchev–Trinajstić information content (AvgIpc) is 2.62. The number of hydrogen-bond donors (Lipinski definition) is 2. The second-order valence-electron chi connectivity index (χ2n) is 5.70. The molecule has 2 N–H and O–H groups in total. The summed E-state index contributed by atoms with van der Waals surface area (Å²) < 4.78 is 10.1. The Morgan fingerprint density at radius 2 is 1.89 bits per heavy atom. The number of benzene rings is 2. The van der Waals surface area contributed by atoms with E-state index in [1.165, 1.54) is 25.3 Å². The van der Waals surface area contributed by atoms with Crippen molar-refractivity contribution in [3.63, 3.8) is 0 Å². The zero-order valence-electron chi connectivity index (χ0n) is 15.1. The highest BCUT2D eigenvalue weighted by Gasteiger charge is 2.18. The molecule has 2 aromatic rings. The molecular weight excluding hydrogens is 354 g/mol. The van der Waals surface area contributed by atoms with Gasteiger partial charge < -0.3 is 14.8 Å². The quantitative estimate of drug-likeness (QED) is 0.593. The molecule has 0 unspecified atom stereocenters. The van der Waals surface area contributed by atoms with E-state index in [2.05, 4.69) is 10.6 Å². The van der Waals surface area contributed by atoms with Crippen molar-refractivity contribution in [2.75, 3.05) is 19.0 Å². The molecule has 0 bridgehead atoms. The van der Waals surface area contributed by atoms with Crippen molar-refractivity contribution in [2.45, 2.75) is 13.8 Å². The Bertz CT molecular complexity index is 881. The molecule has 0 atom stereocenters. The molecule has 0 spiro atoms. The van der Waals surface area contributed by atoms with E-state index in [-0.39, 0.29) is 17.2 Å². The first kappa shape index (κ1) is 19.7. The number of urea groups is 1. The molecule has 3 amide bonds. The van der Waals surface area contributed by atoms with Gasteiger partial charge in [0.15, 0.2) is 12.4 Å². The van der Waals surface area contributed by atoms with Gasteiger partial charge in [-0.15, -0.1) is 0 Å². The van der Waals surface area contributed by atoms with Crippen LogP contribution in [0.15, 0.2) is 36.4 Å². The lowest BCUT2D eigenvalue weighted by atomic mass is 10.1. The number of imide groups is 1. The molecule has 27 heavy (non-hydrogen) atoms. The van der Waals surface area contributed by atoms with E-state index in [4.69, 9.17) is 9.47 Å². The van der Waals surface area contributed by atoms with Gasteiger partial charge >= 0.3 is 11.7 Å². The van der Waals surface area contributed by atoms with Gasteiger partial charge in [0.1, 0.15) is 5.75 Å². The van der Waals surface area contributed by atoms with E-state index in [1.807, 2.05) is 26.0 Å². The summed E-state index contributed by atoms with van der Waals surface area (Å²) in [7, 11) is 1.38. The summed E-state index contributed by atoms with van der Waals surface area (Å²) in [6.07, 6.45) is 0. The molecule has 9 heteroatoms. The van der Waals surface area contributed by atoms with Crippen LogP contribution >= 0.6 is 0 Å². The second-order valence-corrected chi connectivity index (χ2v) is 5.70. The molecule has 0 aromatic heterocycles. The standard InChI is InChI=1S/C18H19N3O6/c1-11-4-6-14(12(2)8-11)19-18(23)20-17(22)10-27-16-7-5-13(26-3)9-15(16)21(24)25/h4-9H,10H2,1-3H3,(H2,19,20,22,23). The minimum Gasteiger partial charge on any atom is -0.496 e. The summed E-state index contributed by atoms with van der Waals surface area (Å²) in [4.78, 5) is 34.2. The predicted octanol–water partition coefficient (Wildman–Crippen LogP) is 2.95. The summed E-state index contributed by atoms with van der Waals surface area (Å²) in [6, 6.07) is 8.69. The van der Waals surface area contributed by atoms with Crippen molar-refractivity contribution in [3.8, 4) is 11.5 Å². The van der Waals surface area contributed by atoms with Crippen molar-refractivity contribution in [2.24, 2.45) is 0 Å². The number of rotatable bonds is 6. The first-order chi connectivity index (χ1) is 12.8. The summed E-state index contributed by atoms with van der Waals surface area (Å²) in [5.74, 6) is -0.570. The number of anilines is 1. The highest BCUT2D eigenvalue weighted by Crippen LogP contribution is 2.30. The lowest BCUT2D eigenvalue weighted by Gasteiger charge is -2.11. The van der Waals surface area contributed by atoms with Crippen molar-refractivity contribution in [1.29, 1.82) is 0 Å². The van der Waals surface area contributed by atoms with Crippen molar-refractivity contribution in [1.82, 2.24) is 5.32 Å². The van der Waals surface area contributed by atoms with E-state index in [1.54, 1.807) is 6.07 Å². The monoisotopic (exact) mass is 373 g/mol.